The molecule has 1 saturated carbocycles. The average Bonchev–Trinajstić information content (AvgIpc) is 3.23. The number of phenolic OH excluding ortho intramolecular Hbond substituents is 1. The fraction of sp³-hybridized carbons (Fsp3) is 0.357. The van der Waals surface area contributed by atoms with Gasteiger partial charge in [-0.25, -0.2) is 0 Å². The zero-order valence-corrected chi connectivity index (χ0v) is 21.5. The molecule has 2 unspecified atom stereocenters. The van der Waals surface area contributed by atoms with Crippen molar-refractivity contribution < 1.29 is 34.0 Å². The highest BCUT2D eigenvalue weighted by atomic mass is 31.2. The van der Waals surface area contributed by atoms with Crippen molar-refractivity contribution >= 4 is 12.9 Å². The Bertz CT molecular complexity index is 1160. The van der Waals surface area contributed by atoms with E-state index in [-0.39, 0.29) is 23.0 Å². The SMILES string of the molecule is O=P(O)(O)c1ccc(COc2ccc(CC3CCC(NCCCOc4ccc(O)cc4)[C@H]3O)cc2)cc1. The number of nitrogens with one attached hydrogen (secondary N) is 1. The van der Waals surface area contributed by atoms with E-state index in [1.165, 1.54) is 12.1 Å². The molecule has 9 heteroatoms. The predicted octanol–water partition coefficient (Wildman–Crippen LogP) is 3.51. The molecule has 0 saturated heterocycles. The van der Waals surface area contributed by atoms with Crippen molar-refractivity contribution in [3.63, 3.8) is 0 Å². The Hall–Kier alpha value is -2.87. The van der Waals surface area contributed by atoms with Crippen LogP contribution in [0.5, 0.6) is 17.2 Å². The molecule has 3 aromatic carbocycles. The summed E-state index contributed by atoms with van der Waals surface area (Å²) in [4.78, 5) is 18.4. The highest BCUT2D eigenvalue weighted by molar-refractivity contribution is 7.60. The molecular weight excluding hydrogens is 493 g/mol. The first kappa shape index (κ1) is 27.2. The van der Waals surface area contributed by atoms with Crippen LogP contribution in [-0.4, -0.2) is 45.3 Å². The zero-order valence-electron chi connectivity index (χ0n) is 20.6. The second-order valence-corrected chi connectivity index (χ2v) is 11.0. The van der Waals surface area contributed by atoms with Gasteiger partial charge in [0.1, 0.15) is 23.9 Å². The van der Waals surface area contributed by atoms with Crippen LogP contribution in [0.3, 0.4) is 0 Å². The summed E-state index contributed by atoms with van der Waals surface area (Å²) in [5.74, 6) is 1.86. The van der Waals surface area contributed by atoms with E-state index in [0.717, 1.165) is 49.1 Å². The van der Waals surface area contributed by atoms with E-state index in [1.54, 1.807) is 36.4 Å². The summed E-state index contributed by atoms with van der Waals surface area (Å²) in [5.41, 5.74) is 1.96. The highest BCUT2D eigenvalue weighted by Gasteiger charge is 2.34. The number of hydrogen-bond donors (Lipinski definition) is 5. The van der Waals surface area contributed by atoms with E-state index in [0.29, 0.717) is 19.0 Å². The Labute approximate surface area is 217 Å². The molecule has 1 aliphatic carbocycles. The fourth-order valence-electron chi connectivity index (χ4n) is 4.58. The third-order valence-corrected chi connectivity index (χ3v) is 7.65. The van der Waals surface area contributed by atoms with Gasteiger partial charge in [0, 0.05) is 6.04 Å². The van der Waals surface area contributed by atoms with Crippen LogP contribution in [0.1, 0.15) is 30.4 Å². The van der Waals surface area contributed by atoms with Crippen LogP contribution in [0.15, 0.2) is 72.8 Å². The smallest absolute Gasteiger partial charge is 0.356 e. The van der Waals surface area contributed by atoms with Gasteiger partial charge in [-0.15, -0.1) is 0 Å². The van der Waals surface area contributed by atoms with Gasteiger partial charge in [0.25, 0.3) is 0 Å². The van der Waals surface area contributed by atoms with Crippen LogP contribution < -0.4 is 20.1 Å². The Morgan fingerprint density at radius 3 is 2.14 bits per heavy atom. The molecule has 0 aromatic heterocycles. The number of aliphatic hydroxyl groups excluding tert-OH is 1. The molecule has 3 aromatic rings. The van der Waals surface area contributed by atoms with E-state index in [9.17, 15) is 24.6 Å². The summed E-state index contributed by atoms with van der Waals surface area (Å²) in [7, 11) is -4.24. The Balaban J connectivity index is 1.16. The third kappa shape index (κ3) is 8.06. The van der Waals surface area contributed by atoms with E-state index in [1.807, 2.05) is 24.3 Å². The monoisotopic (exact) mass is 527 g/mol. The number of benzene rings is 3. The highest BCUT2D eigenvalue weighted by Crippen LogP contribution is 2.33. The van der Waals surface area contributed by atoms with Gasteiger partial charge < -0.3 is 34.8 Å². The molecule has 3 atom stereocenters. The maximum atomic E-state index is 11.3. The van der Waals surface area contributed by atoms with Gasteiger partial charge in [0.05, 0.1) is 18.0 Å². The molecule has 0 heterocycles. The minimum absolute atomic E-state index is 0.00762. The van der Waals surface area contributed by atoms with Gasteiger partial charge in [-0.1, -0.05) is 24.3 Å². The maximum Gasteiger partial charge on any atom is 0.356 e. The van der Waals surface area contributed by atoms with Crippen molar-refractivity contribution in [3.8, 4) is 17.2 Å². The second-order valence-electron chi connectivity index (χ2n) is 9.43. The van der Waals surface area contributed by atoms with E-state index < -0.39 is 13.7 Å². The first-order valence-electron chi connectivity index (χ1n) is 12.5. The number of aromatic hydroxyl groups is 1. The standard InChI is InChI=1S/C28H34NO7P/c30-23-7-11-24(12-8-23)35-17-1-16-29-27-15-6-22(28(27)31)18-20-2-9-25(10-3-20)36-19-21-4-13-26(14-5-21)37(32,33)34/h2-5,7-14,22,27-31H,1,6,15-19H2,(H2,32,33,34)/t22?,27?,28-/m0/s1. The van der Waals surface area contributed by atoms with Crippen molar-refractivity contribution in [1.29, 1.82) is 0 Å². The number of hydrogen-bond acceptors (Lipinski definition) is 6. The number of aliphatic hydroxyl groups is 1. The molecule has 4 rings (SSSR count). The van der Waals surface area contributed by atoms with Crippen LogP contribution in [0.2, 0.25) is 0 Å². The summed E-state index contributed by atoms with van der Waals surface area (Å²) >= 11 is 0. The molecular formula is C28H34NO7P. The molecule has 0 spiro atoms. The number of rotatable bonds is 12. The van der Waals surface area contributed by atoms with Crippen LogP contribution in [0.4, 0.5) is 0 Å². The first-order chi connectivity index (χ1) is 17.8. The summed E-state index contributed by atoms with van der Waals surface area (Å²) < 4.78 is 22.7. The van der Waals surface area contributed by atoms with Crippen molar-refractivity contribution in [1.82, 2.24) is 5.32 Å². The van der Waals surface area contributed by atoms with Crippen LogP contribution in [-0.2, 0) is 17.6 Å². The molecule has 1 fully saturated rings. The van der Waals surface area contributed by atoms with Crippen molar-refractivity contribution in [2.24, 2.45) is 5.92 Å². The second kappa shape index (κ2) is 12.6. The van der Waals surface area contributed by atoms with Gasteiger partial charge in [0.15, 0.2) is 0 Å². The van der Waals surface area contributed by atoms with Crippen LogP contribution >= 0.6 is 7.60 Å². The van der Waals surface area contributed by atoms with Gasteiger partial charge >= 0.3 is 7.60 Å². The molecule has 0 amide bonds. The first-order valence-corrected chi connectivity index (χ1v) is 14.1. The normalized spacial score (nSPS) is 19.6. The van der Waals surface area contributed by atoms with Gasteiger partial charge in [-0.05, 0) is 97.8 Å². The van der Waals surface area contributed by atoms with Gasteiger partial charge in [-0.3, -0.25) is 4.57 Å². The van der Waals surface area contributed by atoms with Crippen LogP contribution in [0, 0.1) is 5.92 Å². The summed E-state index contributed by atoms with van der Waals surface area (Å²) in [6, 6.07) is 20.7. The molecule has 0 aliphatic heterocycles. The molecule has 5 N–H and O–H groups in total. The molecule has 198 valence electrons. The molecule has 8 nitrogen and oxygen atoms in total. The quantitative estimate of drug-likeness (QED) is 0.179. The summed E-state index contributed by atoms with van der Waals surface area (Å²) in [6.07, 6.45) is 3.13. The third-order valence-electron chi connectivity index (χ3n) is 6.68. The van der Waals surface area contributed by atoms with E-state index >= 15 is 0 Å². The lowest BCUT2D eigenvalue weighted by atomic mass is 9.95. The van der Waals surface area contributed by atoms with Crippen molar-refractivity contribution in [3.05, 3.63) is 83.9 Å². The fourth-order valence-corrected chi connectivity index (χ4v) is 5.12. The number of ether oxygens (including phenoxy) is 2. The van der Waals surface area contributed by atoms with Gasteiger partial charge in [0.2, 0.25) is 0 Å². The van der Waals surface area contributed by atoms with Gasteiger partial charge in [-0.2, -0.15) is 0 Å². The largest absolute Gasteiger partial charge is 0.508 e. The summed E-state index contributed by atoms with van der Waals surface area (Å²) in [5, 5.41) is 23.6. The van der Waals surface area contributed by atoms with Crippen molar-refractivity contribution in [2.75, 3.05) is 13.2 Å². The predicted molar refractivity (Wildman–Crippen MR) is 141 cm³/mol. The molecule has 0 bridgehead atoms. The molecule has 0 radical (unpaired) electrons. The Kier molecular flexibility index (Phi) is 9.24. The minimum atomic E-state index is -4.24. The van der Waals surface area contributed by atoms with Crippen LogP contribution in [0.25, 0.3) is 0 Å². The maximum absolute atomic E-state index is 11.3. The Morgan fingerprint density at radius 1 is 0.838 bits per heavy atom. The molecule has 37 heavy (non-hydrogen) atoms. The average molecular weight is 528 g/mol. The topological polar surface area (TPSA) is 128 Å². The zero-order chi connectivity index (χ0) is 26.3. The molecule has 1 aliphatic rings. The lowest BCUT2D eigenvalue weighted by Crippen LogP contribution is -2.39. The number of phenols is 1. The van der Waals surface area contributed by atoms with E-state index in [4.69, 9.17) is 9.47 Å². The Morgan fingerprint density at radius 2 is 1.46 bits per heavy atom. The van der Waals surface area contributed by atoms with Crippen molar-refractivity contribution in [2.45, 2.75) is 44.4 Å². The summed E-state index contributed by atoms with van der Waals surface area (Å²) in [6.45, 7) is 1.63. The minimum Gasteiger partial charge on any atom is -0.508 e. The van der Waals surface area contributed by atoms with E-state index in [2.05, 4.69) is 5.32 Å². The lowest BCUT2D eigenvalue weighted by Gasteiger charge is -2.21. The lowest BCUT2D eigenvalue weighted by molar-refractivity contribution is 0.105.